The van der Waals surface area contributed by atoms with Gasteiger partial charge in [-0.3, -0.25) is 4.79 Å². The zero-order valence-electron chi connectivity index (χ0n) is 10.6. The van der Waals surface area contributed by atoms with Crippen molar-refractivity contribution >= 4 is 17.5 Å². The number of rotatable bonds is 4. The smallest absolute Gasteiger partial charge is 0.257 e. The Bertz CT molecular complexity index is 449. The van der Waals surface area contributed by atoms with Crippen molar-refractivity contribution in [3.05, 3.63) is 34.9 Å². The number of carbonyl (C=O) groups is 1. The number of hydrogen-bond donors (Lipinski definition) is 1. The van der Waals surface area contributed by atoms with E-state index in [1.54, 1.807) is 0 Å². The van der Waals surface area contributed by atoms with Gasteiger partial charge in [0, 0.05) is 6.54 Å². The molecule has 1 atom stereocenters. The maximum atomic E-state index is 13.7. The summed E-state index contributed by atoms with van der Waals surface area (Å²) in [6.07, 6.45) is 0. The number of hydrogen-bond acceptors (Lipinski definition) is 1. The molecule has 1 aromatic rings. The van der Waals surface area contributed by atoms with Crippen LogP contribution in [0.4, 0.5) is 8.78 Å². The monoisotopic (exact) mass is 275 g/mol. The molecule has 0 saturated carbocycles. The molecule has 5 heteroatoms. The van der Waals surface area contributed by atoms with E-state index in [-0.39, 0.29) is 23.4 Å². The summed E-state index contributed by atoms with van der Waals surface area (Å²) < 4.78 is 27.1. The summed E-state index contributed by atoms with van der Waals surface area (Å²) in [4.78, 5) is 11.7. The van der Waals surface area contributed by atoms with Crippen LogP contribution in [0, 0.1) is 24.5 Å². The molecule has 0 bridgehead atoms. The van der Waals surface area contributed by atoms with Crippen LogP contribution in [0.3, 0.4) is 0 Å². The molecule has 2 nitrogen and oxygen atoms in total. The molecule has 0 fully saturated rings. The first-order valence-electron chi connectivity index (χ1n) is 5.71. The predicted molar refractivity (Wildman–Crippen MR) is 67.9 cm³/mol. The fraction of sp³-hybridized carbons (Fsp3) is 0.462. The van der Waals surface area contributed by atoms with Gasteiger partial charge in [-0.05, 0) is 24.5 Å². The second kappa shape index (κ2) is 6.14. The lowest BCUT2D eigenvalue weighted by molar-refractivity contribution is 0.0943. The number of aryl methyl sites for hydroxylation is 1. The van der Waals surface area contributed by atoms with E-state index in [1.807, 2.05) is 13.8 Å². The number of amides is 1. The van der Waals surface area contributed by atoms with E-state index in [0.29, 0.717) is 0 Å². The van der Waals surface area contributed by atoms with Crippen molar-refractivity contribution in [3.8, 4) is 0 Å². The summed E-state index contributed by atoms with van der Waals surface area (Å²) in [6.45, 7) is 5.45. The van der Waals surface area contributed by atoms with Gasteiger partial charge >= 0.3 is 0 Å². The van der Waals surface area contributed by atoms with Gasteiger partial charge in [-0.15, -0.1) is 11.6 Å². The Hall–Kier alpha value is -1.16. The van der Waals surface area contributed by atoms with Crippen LogP contribution >= 0.6 is 11.6 Å². The van der Waals surface area contributed by atoms with Crippen LogP contribution in [0.15, 0.2) is 12.1 Å². The Morgan fingerprint density at radius 3 is 2.56 bits per heavy atom. The number of nitrogens with one attached hydrogen (secondary N) is 1. The Morgan fingerprint density at radius 2 is 2.00 bits per heavy atom. The minimum Gasteiger partial charge on any atom is -0.350 e. The molecule has 0 aliphatic rings. The Kier molecular flexibility index (Phi) is 5.08. The van der Waals surface area contributed by atoms with Crippen LogP contribution in [0.2, 0.25) is 0 Å². The summed E-state index contributed by atoms with van der Waals surface area (Å²) in [5.41, 5.74) is -0.324. The van der Waals surface area contributed by atoms with Gasteiger partial charge in [0.05, 0.1) is 5.38 Å². The van der Waals surface area contributed by atoms with E-state index in [0.717, 1.165) is 6.07 Å². The van der Waals surface area contributed by atoms with Gasteiger partial charge in [-0.1, -0.05) is 19.9 Å². The highest BCUT2D eigenvalue weighted by Gasteiger charge is 2.20. The third-order valence-electron chi connectivity index (χ3n) is 2.69. The molecule has 0 heterocycles. The fourth-order valence-electron chi connectivity index (χ4n) is 1.38. The van der Waals surface area contributed by atoms with E-state index in [9.17, 15) is 13.6 Å². The normalized spacial score (nSPS) is 12.6. The van der Waals surface area contributed by atoms with Gasteiger partial charge in [0.1, 0.15) is 17.2 Å². The number of halogens is 3. The summed E-state index contributed by atoms with van der Waals surface area (Å²) in [7, 11) is 0. The molecule has 0 aromatic heterocycles. The average molecular weight is 276 g/mol. The molecule has 1 aromatic carbocycles. The highest BCUT2D eigenvalue weighted by molar-refractivity contribution is 6.21. The lowest BCUT2D eigenvalue weighted by Gasteiger charge is -2.14. The van der Waals surface area contributed by atoms with Crippen LogP contribution in [-0.4, -0.2) is 17.8 Å². The van der Waals surface area contributed by atoms with Crippen molar-refractivity contribution in [2.24, 2.45) is 5.92 Å². The van der Waals surface area contributed by atoms with Crippen LogP contribution in [0.5, 0.6) is 0 Å². The first-order valence-corrected chi connectivity index (χ1v) is 6.15. The number of benzene rings is 1. The van der Waals surface area contributed by atoms with E-state index in [1.165, 1.54) is 13.0 Å². The molecule has 1 rings (SSSR count). The highest BCUT2D eigenvalue weighted by atomic mass is 35.5. The molecule has 18 heavy (non-hydrogen) atoms. The summed E-state index contributed by atoms with van der Waals surface area (Å²) in [5, 5.41) is 2.16. The lowest BCUT2D eigenvalue weighted by atomic mass is 10.1. The minimum absolute atomic E-state index is 0.166. The van der Waals surface area contributed by atoms with Crippen molar-refractivity contribution in [2.45, 2.75) is 26.1 Å². The third-order valence-corrected chi connectivity index (χ3v) is 3.35. The molecule has 0 aliphatic heterocycles. The van der Waals surface area contributed by atoms with Crippen LogP contribution in [-0.2, 0) is 0 Å². The van der Waals surface area contributed by atoms with E-state index < -0.39 is 23.1 Å². The van der Waals surface area contributed by atoms with Crippen LogP contribution < -0.4 is 5.32 Å². The van der Waals surface area contributed by atoms with Gasteiger partial charge in [0.15, 0.2) is 0 Å². The van der Waals surface area contributed by atoms with Crippen molar-refractivity contribution in [3.63, 3.8) is 0 Å². The zero-order chi connectivity index (χ0) is 13.9. The second-order valence-corrected chi connectivity index (χ2v) is 5.08. The van der Waals surface area contributed by atoms with Crippen molar-refractivity contribution < 1.29 is 13.6 Å². The van der Waals surface area contributed by atoms with Crippen LogP contribution in [0.25, 0.3) is 0 Å². The third kappa shape index (κ3) is 3.42. The maximum Gasteiger partial charge on any atom is 0.257 e. The molecule has 1 N–H and O–H groups in total. The SMILES string of the molecule is Cc1ccc(F)c(C(=O)NCC(Cl)C(C)C)c1F. The van der Waals surface area contributed by atoms with E-state index in [2.05, 4.69) is 5.32 Å². The first kappa shape index (κ1) is 14.9. The largest absolute Gasteiger partial charge is 0.350 e. The topological polar surface area (TPSA) is 29.1 Å². The minimum atomic E-state index is -0.869. The van der Waals surface area contributed by atoms with Gasteiger partial charge in [-0.2, -0.15) is 0 Å². The summed E-state index contributed by atoms with van der Waals surface area (Å²) in [5.74, 6) is -2.31. The van der Waals surface area contributed by atoms with Crippen molar-refractivity contribution in [2.75, 3.05) is 6.54 Å². The lowest BCUT2D eigenvalue weighted by Crippen LogP contribution is -2.33. The quantitative estimate of drug-likeness (QED) is 0.840. The van der Waals surface area contributed by atoms with Crippen molar-refractivity contribution in [1.82, 2.24) is 5.32 Å². The van der Waals surface area contributed by atoms with Crippen molar-refractivity contribution in [1.29, 1.82) is 0 Å². The standard InChI is InChI=1S/C13H16ClF2NO/c1-7(2)9(14)6-17-13(18)11-10(15)5-4-8(3)12(11)16/h4-5,7,9H,6H2,1-3H3,(H,17,18). The molecule has 100 valence electrons. The Labute approximate surface area is 110 Å². The zero-order valence-corrected chi connectivity index (χ0v) is 11.3. The first-order chi connectivity index (χ1) is 8.34. The molecular formula is C13H16ClF2NO. The molecule has 0 radical (unpaired) electrons. The number of carbonyl (C=O) groups excluding carboxylic acids is 1. The maximum absolute atomic E-state index is 13.7. The van der Waals surface area contributed by atoms with E-state index >= 15 is 0 Å². The molecule has 0 spiro atoms. The van der Waals surface area contributed by atoms with Gasteiger partial charge < -0.3 is 5.32 Å². The highest BCUT2D eigenvalue weighted by Crippen LogP contribution is 2.16. The molecule has 0 saturated heterocycles. The Balaban J connectivity index is 2.82. The molecular weight excluding hydrogens is 260 g/mol. The molecule has 0 aliphatic carbocycles. The predicted octanol–water partition coefficient (Wildman–Crippen LogP) is 3.27. The Morgan fingerprint density at radius 1 is 1.39 bits per heavy atom. The van der Waals surface area contributed by atoms with E-state index in [4.69, 9.17) is 11.6 Å². The summed E-state index contributed by atoms with van der Waals surface area (Å²) in [6, 6.07) is 2.37. The van der Waals surface area contributed by atoms with Gasteiger partial charge in [0.2, 0.25) is 0 Å². The molecule has 1 amide bonds. The fourth-order valence-corrected chi connectivity index (χ4v) is 1.46. The van der Waals surface area contributed by atoms with Gasteiger partial charge in [0.25, 0.3) is 5.91 Å². The average Bonchev–Trinajstić information content (AvgIpc) is 2.31. The molecule has 1 unspecified atom stereocenters. The second-order valence-electron chi connectivity index (χ2n) is 4.52. The van der Waals surface area contributed by atoms with Crippen LogP contribution in [0.1, 0.15) is 29.8 Å². The van der Waals surface area contributed by atoms with Gasteiger partial charge in [-0.25, -0.2) is 8.78 Å². The number of alkyl halides is 1. The summed E-state index contributed by atoms with van der Waals surface area (Å²) >= 11 is 5.96.